The summed E-state index contributed by atoms with van der Waals surface area (Å²) >= 11 is 0. The molecule has 1 amide bonds. The first-order valence-electron chi connectivity index (χ1n) is 9.92. The molecule has 5 heteroatoms. The topological polar surface area (TPSA) is 50.2 Å². The second-order valence-corrected chi connectivity index (χ2v) is 7.63. The van der Waals surface area contributed by atoms with Crippen LogP contribution in [0.15, 0.2) is 42.7 Å². The van der Waals surface area contributed by atoms with Crippen LogP contribution in [-0.2, 0) is 0 Å². The van der Waals surface area contributed by atoms with Crippen molar-refractivity contribution in [2.24, 2.45) is 5.92 Å². The number of carbonyl (C=O) groups is 1. The van der Waals surface area contributed by atoms with Crippen molar-refractivity contribution < 1.29 is 4.79 Å². The molecule has 1 aliphatic heterocycles. The van der Waals surface area contributed by atoms with Crippen LogP contribution in [0.4, 0.5) is 0 Å². The van der Waals surface area contributed by atoms with Crippen molar-refractivity contribution in [2.75, 3.05) is 19.6 Å². The number of likely N-dealkylation sites (tertiary alicyclic amines) is 1. The molecule has 138 valence electrons. The Morgan fingerprint density at radius 2 is 1.81 bits per heavy atom. The fraction of sp³-hybridized carbons (Fsp3) is 0.524. The molecular weight excluding hydrogens is 324 g/mol. The molecule has 1 aromatic carbocycles. The van der Waals surface area contributed by atoms with E-state index in [4.69, 9.17) is 0 Å². The third-order valence-corrected chi connectivity index (χ3v) is 5.94. The van der Waals surface area contributed by atoms with Gasteiger partial charge in [-0.1, -0.05) is 12.8 Å². The Kier molecular flexibility index (Phi) is 5.34. The Hall–Kier alpha value is -2.14. The van der Waals surface area contributed by atoms with Gasteiger partial charge in [0.25, 0.3) is 5.91 Å². The van der Waals surface area contributed by atoms with Crippen molar-refractivity contribution >= 4 is 5.91 Å². The zero-order valence-corrected chi connectivity index (χ0v) is 15.3. The van der Waals surface area contributed by atoms with E-state index in [1.54, 1.807) is 10.9 Å². The van der Waals surface area contributed by atoms with Gasteiger partial charge in [0.15, 0.2) is 0 Å². The first kappa shape index (κ1) is 17.3. The van der Waals surface area contributed by atoms with Gasteiger partial charge in [0.2, 0.25) is 0 Å². The summed E-state index contributed by atoms with van der Waals surface area (Å²) < 4.78 is 1.79. The first-order chi connectivity index (χ1) is 12.8. The minimum atomic E-state index is 0.0234. The monoisotopic (exact) mass is 352 g/mol. The van der Waals surface area contributed by atoms with Gasteiger partial charge in [-0.05, 0) is 75.0 Å². The maximum absolute atomic E-state index is 12.4. The minimum Gasteiger partial charge on any atom is -0.352 e. The van der Waals surface area contributed by atoms with Crippen LogP contribution in [0, 0.1) is 5.92 Å². The number of hydrogen-bond donors (Lipinski definition) is 1. The van der Waals surface area contributed by atoms with E-state index >= 15 is 0 Å². The summed E-state index contributed by atoms with van der Waals surface area (Å²) in [6.45, 7) is 3.19. The van der Waals surface area contributed by atoms with Crippen LogP contribution in [0.5, 0.6) is 0 Å². The molecule has 1 saturated carbocycles. The van der Waals surface area contributed by atoms with Crippen LogP contribution in [-0.4, -0.2) is 46.3 Å². The molecule has 5 nitrogen and oxygen atoms in total. The lowest BCUT2D eigenvalue weighted by Gasteiger charge is -2.36. The number of benzene rings is 1. The number of nitrogens with one attached hydrogen (secondary N) is 1. The molecule has 1 N–H and O–H groups in total. The summed E-state index contributed by atoms with van der Waals surface area (Å²) in [5.74, 6) is 0.634. The van der Waals surface area contributed by atoms with E-state index < -0.39 is 0 Å². The van der Waals surface area contributed by atoms with E-state index in [-0.39, 0.29) is 5.91 Å². The third-order valence-electron chi connectivity index (χ3n) is 5.94. The second-order valence-electron chi connectivity index (χ2n) is 7.63. The van der Waals surface area contributed by atoms with Gasteiger partial charge in [-0.25, -0.2) is 4.68 Å². The van der Waals surface area contributed by atoms with Gasteiger partial charge in [-0.3, -0.25) is 4.79 Å². The smallest absolute Gasteiger partial charge is 0.251 e. The van der Waals surface area contributed by atoms with E-state index in [1.807, 2.05) is 36.5 Å². The number of piperidine rings is 1. The third kappa shape index (κ3) is 3.98. The summed E-state index contributed by atoms with van der Waals surface area (Å²) in [4.78, 5) is 15.1. The van der Waals surface area contributed by atoms with Gasteiger partial charge in [-0.15, -0.1) is 0 Å². The van der Waals surface area contributed by atoms with Crippen molar-refractivity contribution in [2.45, 2.75) is 44.6 Å². The molecule has 1 aromatic heterocycles. The molecule has 2 fully saturated rings. The number of aromatic nitrogens is 2. The van der Waals surface area contributed by atoms with Gasteiger partial charge >= 0.3 is 0 Å². The Bertz CT molecular complexity index is 696. The van der Waals surface area contributed by atoms with E-state index in [9.17, 15) is 4.79 Å². The van der Waals surface area contributed by atoms with Crippen molar-refractivity contribution in [3.8, 4) is 5.69 Å². The van der Waals surface area contributed by atoms with Gasteiger partial charge in [0.05, 0.1) is 5.69 Å². The van der Waals surface area contributed by atoms with Gasteiger partial charge < -0.3 is 10.2 Å². The van der Waals surface area contributed by atoms with E-state index in [1.165, 1.54) is 51.6 Å². The summed E-state index contributed by atoms with van der Waals surface area (Å²) in [6.07, 6.45) is 11.6. The highest BCUT2D eigenvalue weighted by Gasteiger charge is 2.27. The van der Waals surface area contributed by atoms with Crippen LogP contribution in [0.1, 0.15) is 48.9 Å². The van der Waals surface area contributed by atoms with E-state index in [0.29, 0.717) is 11.5 Å². The molecule has 1 aliphatic carbocycles. The molecule has 0 unspecified atom stereocenters. The van der Waals surface area contributed by atoms with E-state index in [0.717, 1.165) is 18.3 Å². The fourth-order valence-corrected chi connectivity index (χ4v) is 4.32. The van der Waals surface area contributed by atoms with Crippen molar-refractivity contribution in [1.29, 1.82) is 0 Å². The number of amides is 1. The van der Waals surface area contributed by atoms with Crippen molar-refractivity contribution in [3.05, 3.63) is 48.3 Å². The molecule has 0 bridgehead atoms. The Morgan fingerprint density at radius 1 is 1.08 bits per heavy atom. The van der Waals surface area contributed by atoms with Crippen LogP contribution in [0.3, 0.4) is 0 Å². The maximum Gasteiger partial charge on any atom is 0.251 e. The Labute approximate surface area is 155 Å². The average Bonchev–Trinajstić information content (AvgIpc) is 3.40. The SMILES string of the molecule is O=C(NCC1CCN(C2CCCC2)CC1)c1ccc(-n2cccn2)cc1. The lowest BCUT2D eigenvalue weighted by atomic mass is 9.95. The molecular formula is C21H28N4O. The van der Waals surface area contributed by atoms with Gasteiger partial charge in [-0.2, -0.15) is 5.10 Å². The van der Waals surface area contributed by atoms with Crippen LogP contribution in [0.2, 0.25) is 0 Å². The number of rotatable bonds is 5. The number of nitrogens with zero attached hydrogens (tertiary/aromatic N) is 3. The van der Waals surface area contributed by atoms with Crippen molar-refractivity contribution in [1.82, 2.24) is 20.0 Å². The molecule has 26 heavy (non-hydrogen) atoms. The number of carbonyl (C=O) groups excluding carboxylic acids is 1. The van der Waals surface area contributed by atoms with Crippen LogP contribution < -0.4 is 5.32 Å². The van der Waals surface area contributed by atoms with Crippen molar-refractivity contribution in [3.63, 3.8) is 0 Å². The summed E-state index contributed by atoms with van der Waals surface area (Å²) in [7, 11) is 0. The molecule has 2 aromatic rings. The zero-order chi connectivity index (χ0) is 17.8. The Balaban J connectivity index is 1.24. The minimum absolute atomic E-state index is 0.0234. The van der Waals surface area contributed by atoms with Crippen LogP contribution >= 0.6 is 0 Å². The molecule has 2 aliphatic rings. The molecule has 2 heterocycles. The largest absolute Gasteiger partial charge is 0.352 e. The highest BCUT2D eigenvalue weighted by molar-refractivity contribution is 5.94. The van der Waals surface area contributed by atoms with Gasteiger partial charge in [0, 0.05) is 30.5 Å². The maximum atomic E-state index is 12.4. The first-order valence-corrected chi connectivity index (χ1v) is 9.92. The standard InChI is InChI=1S/C21H28N4O/c26-21(18-6-8-20(9-7-18)25-13-3-12-23-25)22-16-17-10-14-24(15-11-17)19-4-1-2-5-19/h3,6-9,12-13,17,19H,1-2,4-5,10-11,14-16H2,(H,22,26). The molecule has 0 radical (unpaired) electrons. The quantitative estimate of drug-likeness (QED) is 0.899. The van der Waals surface area contributed by atoms with E-state index in [2.05, 4.69) is 15.3 Å². The number of hydrogen-bond acceptors (Lipinski definition) is 3. The molecule has 0 atom stereocenters. The van der Waals surface area contributed by atoms with Crippen LogP contribution in [0.25, 0.3) is 5.69 Å². The summed E-state index contributed by atoms with van der Waals surface area (Å²) in [6, 6.07) is 10.3. The summed E-state index contributed by atoms with van der Waals surface area (Å²) in [5, 5.41) is 7.33. The van der Waals surface area contributed by atoms with Gasteiger partial charge in [0.1, 0.15) is 0 Å². The highest BCUT2D eigenvalue weighted by atomic mass is 16.1. The predicted molar refractivity (Wildman–Crippen MR) is 102 cm³/mol. The molecule has 1 saturated heterocycles. The summed E-state index contributed by atoms with van der Waals surface area (Å²) in [5.41, 5.74) is 1.68. The molecule has 0 spiro atoms. The Morgan fingerprint density at radius 3 is 2.46 bits per heavy atom. The highest BCUT2D eigenvalue weighted by Crippen LogP contribution is 2.27. The second kappa shape index (κ2) is 8.04. The lowest BCUT2D eigenvalue weighted by molar-refractivity contribution is 0.0924. The predicted octanol–water partition coefficient (Wildman–Crippen LogP) is 3.26. The molecule has 4 rings (SSSR count). The lowest BCUT2D eigenvalue weighted by Crippen LogP contribution is -2.42. The zero-order valence-electron chi connectivity index (χ0n) is 15.3. The normalized spacial score (nSPS) is 19.7. The average molecular weight is 352 g/mol. The fourth-order valence-electron chi connectivity index (χ4n) is 4.32.